The average molecular weight is 297 g/mol. The van der Waals surface area contributed by atoms with Gasteiger partial charge in [0.25, 0.3) is 0 Å². The van der Waals surface area contributed by atoms with E-state index in [9.17, 15) is 4.39 Å². The maximum Gasteiger partial charge on any atom is 0.150 e. The fourth-order valence-corrected chi connectivity index (χ4v) is 1.58. The molecule has 0 aliphatic rings. The van der Waals surface area contributed by atoms with E-state index in [1.54, 1.807) is 30.6 Å². The Morgan fingerprint density at radius 3 is 2.88 bits per heavy atom. The molecule has 2 aromatic rings. The quantitative estimate of drug-likeness (QED) is 0.946. The van der Waals surface area contributed by atoms with Gasteiger partial charge in [-0.1, -0.05) is 0 Å². The van der Waals surface area contributed by atoms with Crippen LogP contribution in [0.1, 0.15) is 5.56 Å². The third-order valence-electron chi connectivity index (χ3n) is 2.21. The number of nitrogens with two attached hydrogens (primary N) is 1. The molecule has 0 aliphatic carbocycles. The van der Waals surface area contributed by atoms with Crippen LogP contribution < -0.4 is 10.5 Å². The zero-order chi connectivity index (χ0) is 12.3. The summed E-state index contributed by atoms with van der Waals surface area (Å²) in [5.41, 5.74) is 6.39. The Hall–Kier alpha value is -1.46. The van der Waals surface area contributed by atoms with E-state index >= 15 is 0 Å². The van der Waals surface area contributed by atoms with Crippen molar-refractivity contribution in [3.8, 4) is 11.5 Å². The predicted octanol–water partition coefficient (Wildman–Crippen LogP) is 3.23. The zero-order valence-corrected chi connectivity index (χ0v) is 10.4. The Morgan fingerprint density at radius 2 is 2.18 bits per heavy atom. The summed E-state index contributed by atoms with van der Waals surface area (Å²) in [6.07, 6.45) is 3.19. The van der Waals surface area contributed by atoms with Crippen molar-refractivity contribution in [3.05, 3.63) is 52.5 Å². The minimum atomic E-state index is -0.374. The number of benzene rings is 1. The minimum absolute atomic E-state index is 0.344. The molecule has 2 rings (SSSR count). The van der Waals surface area contributed by atoms with E-state index in [1.165, 1.54) is 6.07 Å². The maximum atomic E-state index is 13.3. The fraction of sp³-hybridized carbons (Fsp3) is 0.0833. The number of ether oxygens (including phenoxy) is 1. The molecule has 0 aliphatic heterocycles. The summed E-state index contributed by atoms with van der Waals surface area (Å²) in [7, 11) is 0. The van der Waals surface area contributed by atoms with Gasteiger partial charge < -0.3 is 10.5 Å². The van der Waals surface area contributed by atoms with Gasteiger partial charge in [-0.25, -0.2) is 4.39 Å². The zero-order valence-electron chi connectivity index (χ0n) is 8.86. The summed E-state index contributed by atoms with van der Waals surface area (Å²) < 4.78 is 19.2. The van der Waals surface area contributed by atoms with Gasteiger partial charge in [0.15, 0.2) is 0 Å². The first-order valence-electron chi connectivity index (χ1n) is 4.96. The lowest BCUT2D eigenvalue weighted by atomic mass is 10.2. The molecule has 17 heavy (non-hydrogen) atoms. The topological polar surface area (TPSA) is 48.1 Å². The third-order valence-corrected chi connectivity index (χ3v) is 2.85. The Kier molecular flexibility index (Phi) is 3.71. The van der Waals surface area contributed by atoms with Crippen molar-refractivity contribution >= 4 is 15.9 Å². The molecule has 0 saturated carbocycles. The van der Waals surface area contributed by atoms with Gasteiger partial charge in [0.05, 0.1) is 10.7 Å². The van der Waals surface area contributed by atoms with Crippen molar-refractivity contribution in [3.63, 3.8) is 0 Å². The van der Waals surface area contributed by atoms with Gasteiger partial charge >= 0.3 is 0 Å². The summed E-state index contributed by atoms with van der Waals surface area (Å²) in [5.74, 6) is 0.575. The molecular formula is C12H10BrFN2O. The Balaban J connectivity index is 2.28. The highest BCUT2D eigenvalue weighted by Crippen LogP contribution is 2.27. The molecule has 0 fully saturated rings. The van der Waals surface area contributed by atoms with E-state index in [2.05, 4.69) is 20.9 Å². The molecule has 0 unspecified atom stereocenters. The van der Waals surface area contributed by atoms with Crippen LogP contribution in [0.2, 0.25) is 0 Å². The fourth-order valence-electron chi connectivity index (χ4n) is 1.34. The standard InChI is InChI=1S/C12H10BrFN2O/c13-10-2-1-9(5-11(10)14)17-12-7-16-4-3-8(12)6-15/h1-5,7H,6,15H2. The SMILES string of the molecule is NCc1ccncc1Oc1ccc(Br)c(F)c1. The molecule has 3 nitrogen and oxygen atoms in total. The monoisotopic (exact) mass is 296 g/mol. The normalized spacial score (nSPS) is 10.3. The van der Waals surface area contributed by atoms with Crippen molar-refractivity contribution in [2.75, 3.05) is 0 Å². The van der Waals surface area contributed by atoms with E-state index in [0.717, 1.165) is 5.56 Å². The molecule has 0 saturated heterocycles. The largest absolute Gasteiger partial charge is 0.455 e. The molecule has 0 spiro atoms. The summed E-state index contributed by atoms with van der Waals surface area (Å²) in [6.45, 7) is 0.344. The van der Waals surface area contributed by atoms with Gasteiger partial charge in [-0.2, -0.15) is 0 Å². The molecule has 5 heteroatoms. The van der Waals surface area contributed by atoms with Crippen LogP contribution in [0.4, 0.5) is 4.39 Å². The summed E-state index contributed by atoms with van der Waals surface area (Å²) in [4.78, 5) is 3.95. The van der Waals surface area contributed by atoms with Crippen molar-refractivity contribution in [1.82, 2.24) is 4.98 Å². The molecule has 0 bridgehead atoms. The second-order valence-corrected chi connectivity index (χ2v) is 4.22. The Labute approximate surface area is 107 Å². The molecule has 1 aromatic heterocycles. The highest BCUT2D eigenvalue weighted by molar-refractivity contribution is 9.10. The highest BCUT2D eigenvalue weighted by atomic mass is 79.9. The lowest BCUT2D eigenvalue weighted by molar-refractivity contribution is 0.468. The minimum Gasteiger partial charge on any atom is -0.455 e. The van der Waals surface area contributed by atoms with Crippen LogP contribution in [0.3, 0.4) is 0 Å². The number of aromatic nitrogens is 1. The Bertz CT molecular complexity index is 534. The first-order chi connectivity index (χ1) is 8.20. The second-order valence-electron chi connectivity index (χ2n) is 3.37. The van der Waals surface area contributed by atoms with E-state index in [0.29, 0.717) is 22.5 Å². The molecule has 1 aromatic carbocycles. The Morgan fingerprint density at radius 1 is 1.35 bits per heavy atom. The average Bonchev–Trinajstić information content (AvgIpc) is 2.34. The maximum absolute atomic E-state index is 13.3. The molecule has 0 atom stereocenters. The molecule has 88 valence electrons. The van der Waals surface area contributed by atoms with Crippen LogP contribution in [-0.4, -0.2) is 4.98 Å². The number of nitrogens with zero attached hydrogens (tertiary/aromatic N) is 1. The molecule has 0 amide bonds. The number of hydrogen-bond donors (Lipinski definition) is 1. The number of pyridine rings is 1. The van der Waals surface area contributed by atoms with E-state index in [4.69, 9.17) is 10.5 Å². The highest BCUT2D eigenvalue weighted by Gasteiger charge is 2.06. The van der Waals surface area contributed by atoms with Crippen LogP contribution >= 0.6 is 15.9 Å². The van der Waals surface area contributed by atoms with Gasteiger partial charge in [-0.05, 0) is 34.1 Å². The van der Waals surface area contributed by atoms with E-state index in [-0.39, 0.29) is 5.82 Å². The predicted molar refractivity (Wildman–Crippen MR) is 66.3 cm³/mol. The van der Waals surface area contributed by atoms with Gasteiger partial charge in [0, 0.05) is 24.4 Å². The third kappa shape index (κ3) is 2.81. The lowest BCUT2D eigenvalue weighted by Crippen LogP contribution is -1.99. The number of hydrogen-bond acceptors (Lipinski definition) is 3. The van der Waals surface area contributed by atoms with Crippen LogP contribution in [0.5, 0.6) is 11.5 Å². The number of rotatable bonds is 3. The van der Waals surface area contributed by atoms with Gasteiger partial charge in [0.2, 0.25) is 0 Å². The molecule has 1 heterocycles. The van der Waals surface area contributed by atoms with Crippen LogP contribution in [0.25, 0.3) is 0 Å². The van der Waals surface area contributed by atoms with Gasteiger partial charge in [0.1, 0.15) is 17.3 Å². The lowest BCUT2D eigenvalue weighted by Gasteiger charge is -2.09. The van der Waals surface area contributed by atoms with Crippen LogP contribution in [0.15, 0.2) is 41.1 Å². The first kappa shape index (κ1) is 12.0. The van der Waals surface area contributed by atoms with E-state index < -0.39 is 0 Å². The van der Waals surface area contributed by atoms with Crippen molar-refractivity contribution < 1.29 is 9.13 Å². The summed E-state index contributed by atoms with van der Waals surface area (Å²) in [6, 6.07) is 6.32. The van der Waals surface area contributed by atoms with Gasteiger partial charge in [-0.3, -0.25) is 4.98 Å². The first-order valence-corrected chi connectivity index (χ1v) is 5.76. The summed E-state index contributed by atoms with van der Waals surface area (Å²) in [5, 5.41) is 0. The molecule has 0 radical (unpaired) electrons. The van der Waals surface area contributed by atoms with Crippen molar-refractivity contribution in [2.24, 2.45) is 5.73 Å². The van der Waals surface area contributed by atoms with Crippen molar-refractivity contribution in [1.29, 1.82) is 0 Å². The van der Waals surface area contributed by atoms with Crippen LogP contribution in [0, 0.1) is 5.82 Å². The molecule has 2 N–H and O–H groups in total. The van der Waals surface area contributed by atoms with Gasteiger partial charge in [-0.15, -0.1) is 0 Å². The molecular weight excluding hydrogens is 287 g/mol. The summed E-state index contributed by atoms with van der Waals surface area (Å²) >= 11 is 3.08. The number of halogens is 2. The van der Waals surface area contributed by atoms with Crippen molar-refractivity contribution in [2.45, 2.75) is 6.54 Å². The smallest absolute Gasteiger partial charge is 0.150 e. The second kappa shape index (κ2) is 5.25. The van der Waals surface area contributed by atoms with Crippen LogP contribution in [-0.2, 0) is 6.54 Å². The van der Waals surface area contributed by atoms with E-state index in [1.807, 2.05) is 0 Å².